The molecule has 5 nitrogen and oxygen atoms in total. The van der Waals surface area contributed by atoms with Gasteiger partial charge < -0.3 is 14.8 Å². The largest absolute Gasteiger partial charge is 0.495 e. The van der Waals surface area contributed by atoms with Crippen molar-refractivity contribution >= 4 is 28.7 Å². The third kappa shape index (κ3) is 2.38. The van der Waals surface area contributed by atoms with Gasteiger partial charge in [0.1, 0.15) is 16.4 Å². The Morgan fingerprint density at radius 1 is 1.38 bits per heavy atom. The number of anilines is 1. The van der Waals surface area contributed by atoms with Crippen LogP contribution in [0, 0.1) is 0 Å². The van der Waals surface area contributed by atoms with Crippen molar-refractivity contribution in [2.45, 2.75) is 13.0 Å². The van der Waals surface area contributed by atoms with Crippen molar-refractivity contribution in [3.63, 3.8) is 0 Å². The number of methoxy groups -OCH3 is 1. The number of ketones is 1. The molecule has 2 aromatic rings. The van der Waals surface area contributed by atoms with Crippen LogP contribution >= 0.6 is 11.3 Å². The number of carbonyl (C=O) groups excluding carboxylic acids is 2. The molecule has 108 valence electrons. The van der Waals surface area contributed by atoms with Crippen LogP contribution in [0.5, 0.6) is 11.5 Å². The van der Waals surface area contributed by atoms with E-state index in [2.05, 4.69) is 5.32 Å². The highest BCUT2D eigenvalue weighted by Crippen LogP contribution is 2.33. The van der Waals surface area contributed by atoms with Gasteiger partial charge in [0.25, 0.3) is 5.91 Å². The van der Waals surface area contributed by atoms with Crippen LogP contribution in [0.4, 0.5) is 5.69 Å². The van der Waals surface area contributed by atoms with Crippen LogP contribution in [0.1, 0.15) is 22.2 Å². The van der Waals surface area contributed by atoms with Gasteiger partial charge in [0.05, 0.1) is 12.8 Å². The number of hydrogen-bond donors (Lipinski definition) is 1. The monoisotopic (exact) mass is 303 g/mol. The summed E-state index contributed by atoms with van der Waals surface area (Å²) in [5, 5.41) is 4.54. The van der Waals surface area contributed by atoms with Crippen molar-refractivity contribution < 1.29 is 19.1 Å². The molecule has 0 spiro atoms. The average molecular weight is 303 g/mol. The summed E-state index contributed by atoms with van der Waals surface area (Å²) in [6.07, 6.45) is -0.531. The van der Waals surface area contributed by atoms with E-state index in [-0.39, 0.29) is 11.7 Å². The maximum atomic E-state index is 12.5. The third-order valence-corrected chi connectivity index (χ3v) is 4.12. The number of hydrogen-bond acceptors (Lipinski definition) is 5. The number of carbonyl (C=O) groups is 2. The average Bonchev–Trinajstić information content (AvgIpc) is 2.95. The van der Waals surface area contributed by atoms with E-state index in [4.69, 9.17) is 9.47 Å². The Balaban J connectivity index is 1.96. The van der Waals surface area contributed by atoms with Crippen LogP contribution in [-0.4, -0.2) is 24.9 Å². The standard InChI is InChI=1S/C15H13NO4S/c1-8-15(18)16-10-7-9(3-4-11(10)20-8)13(17)14-12(19-2)5-6-21-14/h3-8H,1-2H3,(H,16,18). The molecule has 1 atom stereocenters. The van der Waals surface area contributed by atoms with E-state index in [9.17, 15) is 9.59 Å². The van der Waals surface area contributed by atoms with E-state index in [0.717, 1.165) is 0 Å². The molecule has 0 saturated carbocycles. The number of amides is 1. The molecule has 1 N–H and O–H groups in total. The van der Waals surface area contributed by atoms with E-state index in [1.807, 2.05) is 0 Å². The molecular formula is C15H13NO4S. The van der Waals surface area contributed by atoms with E-state index in [1.54, 1.807) is 36.6 Å². The lowest BCUT2D eigenvalue weighted by Gasteiger charge is -2.23. The van der Waals surface area contributed by atoms with Gasteiger partial charge in [-0.25, -0.2) is 0 Å². The quantitative estimate of drug-likeness (QED) is 0.885. The van der Waals surface area contributed by atoms with Crippen LogP contribution in [0.2, 0.25) is 0 Å². The highest BCUT2D eigenvalue weighted by atomic mass is 32.1. The Hall–Kier alpha value is -2.34. The first-order chi connectivity index (χ1) is 10.1. The van der Waals surface area contributed by atoms with Crippen molar-refractivity contribution in [2.24, 2.45) is 0 Å². The molecule has 6 heteroatoms. The van der Waals surface area contributed by atoms with Gasteiger partial charge in [0.2, 0.25) is 5.78 Å². The Morgan fingerprint density at radius 3 is 2.95 bits per heavy atom. The number of ether oxygens (including phenoxy) is 2. The lowest BCUT2D eigenvalue weighted by atomic mass is 10.1. The second kappa shape index (κ2) is 5.21. The molecule has 1 aromatic heterocycles. The number of nitrogens with one attached hydrogen (secondary N) is 1. The minimum atomic E-state index is -0.531. The first kappa shape index (κ1) is 13.6. The van der Waals surface area contributed by atoms with Gasteiger partial charge in [-0.3, -0.25) is 9.59 Å². The van der Waals surface area contributed by atoms with Crippen LogP contribution in [0.15, 0.2) is 29.6 Å². The van der Waals surface area contributed by atoms with Crippen molar-refractivity contribution in [3.05, 3.63) is 40.1 Å². The maximum absolute atomic E-state index is 12.5. The van der Waals surface area contributed by atoms with Gasteiger partial charge in [0.15, 0.2) is 6.10 Å². The first-order valence-electron chi connectivity index (χ1n) is 6.38. The van der Waals surface area contributed by atoms with Gasteiger partial charge >= 0.3 is 0 Å². The highest BCUT2D eigenvalue weighted by Gasteiger charge is 2.25. The van der Waals surface area contributed by atoms with Crippen molar-refractivity contribution in [1.29, 1.82) is 0 Å². The Bertz CT molecular complexity index is 722. The van der Waals surface area contributed by atoms with Gasteiger partial charge in [-0.15, -0.1) is 11.3 Å². The highest BCUT2D eigenvalue weighted by molar-refractivity contribution is 7.12. The Labute approximate surface area is 125 Å². The minimum absolute atomic E-state index is 0.141. The minimum Gasteiger partial charge on any atom is -0.495 e. The molecule has 0 radical (unpaired) electrons. The van der Waals surface area contributed by atoms with Crippen molar-refractivity contribution in [1.82, 2.24) is 0 Å². The lowest BCUT2D eigenvalue weighted by Crippen LogP contribution is -2.34. The van der Waals surface area contributed by atoms with E-state index < -0.39 is 6.10 Å². The number of benzene rings is 1. The molecule has 1 amide bonds. The summed E-state index contributed by atoms with van der Waals surface area (Å²) in [4.78, 5) is 24.7. The van der Waals surface area contributed by atoms with Gasteiger partial charge in [-0.05, 0) is 36.6 Å². The summed E-state index contributed by atoms with van der Waals surface area (Å²) in [7, 11) is 1.53. The van der Waals surface area contributed by atoms with Crippen LogP contribution < -0.4 is 14.8 Å². The van der Waals surface area contributed by atoms with Gasteiger partial charge in [-0.1, -0.05) is 0 Å². The first-order valence-corrected chi connectivity index (χ1v) is 7.26. The molecular weight excluding hydrogens is 290 g/mol. The maximum Gasteiger partial charge on any atom is 0.265 e. The van der Waals surface area contributed by atoms with E-state index >= 15 is 0 Å². The van der Waals surface area contributed by atoms with Crippen molar-refractivity contribution in [3.8, 4) is 11.5 Å². The topological polar surface area (TPSA) is 64.6 Å². The molecule has 0 aliphatic carbocycles. The van der Waals surface area contributed by atoms with E-state index in [0.29, 0.717) is 27.6 Å². The second-order valence-corrected chi connectivity index (χ2v) is 5.52. The second-order valence-electron chi connectivity index (χ2n) is 4.61. The number of thiophene rings is 1. The zero-order valence-corrected chi connectivity index (χ0v) is 12.3. The zero-order valence-electron chi connectivity index (χ0n) is 11.5. The molecule has 1 aliphatic heterocycles. The normalized spacial score (nSPS) is 16.7. The molecule has 1 unspecified atom stereocenters. The molecule has 21 heavy (non-hydrogen) atoms. The number of fused-ring (bicyclic) bond motifs is 1. The SMILES string of the molecule is COc1ccsc1C(=O)c1ccc2c(c1)NC(=O)C(C)O2. The third-order valence-electron chi connectivity index (χ3n) is 3.23. The summed E-state index contributed by atoms with van der Waals surface area (Å²) in [6.45, 7) is 1.67. The molecule has 1 aromatic carbocycles. The fourth-order valence-electron chi connectivity index (χ4n) is 2.10. The Morgan fingerprint density at radius 2 is 2.19 bits per heavy atom. The zero-order chi connectivity index (χ0) is 15.0. The molecule has 0 bridgehead atoms. The van der Waals surface area contributed by atoms with Crippen molar-refractivity contribution in [2.75, 3.05) is 12.4 Å². The molecule has 2 heterocycles. The lowest BCUT2D eigenvalue weighted by molar-refractivity contribution is -0.122. The summed E-state index contributed by atoms with van der Waals surface area (Å²) >= 11 is 1.32. The van der Waals surface area contributed by atoms with Crippen LogP contribution in [-0.2, 0) is 4.79 Å². The number of rotatable bonds is 3. The van der Waals surface area contributed by atoms with Gasteiger partial charge in [-0.2, -0.15) is 0 Å². The van der Waals surface area contributed by atoms with Crippen LogP contribution in [0.3, 0.4) is 0 Å². The molecule has 1 aliphatic rings. The predicted molar refractivity (Wildman–Crippen MR) is 79.5 cm³/mol. The van der Waals surface area contributed by atoms with Gasteiger partial charge in [0, 0.05) is 5.56 Å². The fourth-order valence-corrected chi connectivity index (χ4v) is 2.93. The van der Waals surface area contributed by atoms with E-state index in [1.165, 1.54) is 18.4 Å². The summed E-state index contributed by atoms with van der Waals surface area (Å²) in [5.74, 6) is 0.756. The van der Waals surface area contributed by atoms with Crippen LogP contribution in [0.25, 0.3) is 0 Å². The predicted octanol–water partition coefficient (Wildman–Crippen LogP) is 2.71. The fraction of sp³-hybridized carbons (Fsp3) is 0.200. The Kier molecular flexibility index (Phi) is 3.39. The molecule has 0 fully saturated rings. The summed E-state index contributed by atoms with van der Waals surface area (Å²) < 4.78 is 10.6. The summed E-state index contributed by atoms with van der Waals surface area (Å²) in [5.41, 5.74) is 0.993. The molecule has 3 rings (SSSR count). The summed E-state index contributed by atoms with van der Waals surface area (Å²) in [6, 6.07) is 6.76. The molecule has 0 saturated heterocycles. The smallest absolute Gasteiger partial charge is 0.265 e.